The predicted octanol–water partition coefficient (Wildman–Crippen LogP) is 3.24. The summed E-state index contributed by atoms with van der Waals surface area (Å²) in [5.41, 5.74) is 1.86. The van der Waals surface area contributed by atoms with Crippen LogP contribution in [0.15, 0.2) is 23.8 Å². The number of hydrogen-bond acceptors (Lipinski definition) is 1. The lowest BCUT2D eigenvalue weighted by molar-refractivity contribution is 0.350. The molecule has 84 valence electrons. The van der Waals surface area contributed by atoms with Crippen LogP contribution in [0.3, 0.4) is 0 Å². The molecule has 0 aromatic rings. The molecule has 0 aromatic heterocycles. The van der Waals surface area contributed by atoms with Crippen LogP contribution in [0.1, 0.15) is 34.1 Å². The molecule has 1 aliphatic heterocycles. The van der Waals surface area contributed by atoms with Crippen molar-refractivity contribution in [2.24, 2.45) is 11.3 Å². The highest BCUT2D eigenvalue weighted by Crippen LogP contribution is 2.41. The quantitative estimate of drug-likeness (QED) is 0.639. The maximum absolute atomic E-state index is 2.47. The maximum atomic E-state index is 2.47. The van der Waals surface area contributed by atoms with Crippen LogP contribution in [-0.2, 0) is 0 Å². The third kappa shape index (κ3) is 2.03. The minimum absolute atomic E-state index is 0.332. The summed E-state index contributed by atoms with van der Waals surface area (Å²) >= 11 is 0. The smallest absolute Gasteiger partial charge is 0.0479 e. The molecule has 2 aliphatic rings. The van der Waals surface area contributed by atoms with Crippen molar-refractivity contribution in [1.82, 2.24) is 4.90 Å². The van der Waals surface area contributed by atoms with E-state index < -0.39 is 0 Å². The number of allylic oxidation sites excluding steroid dienone is 2. The van der Waals surface area contributed by atoms with Crippen molar-refractivity contribution in [2.75, 3.05) is 7.05 Å². The van der Waals surface area contributed by atoms with E-state index in [9.17, 15) is 0 Å². The van der Waals surface area contributed by atoms with Gasteiger partial charge in [-0.05, 0) is 30.4 Å². The van der Waals surface area contributed by atoms with Gasteiger partial charge in [0.25, 0.3) is 0 Å². The standard InChI is InChI=1S/C14H23N/c1-10(2)9-14(3,4)11-6-7-12-13(8-11)15(12)5/h6-8,10,12-13H,9H2,1-5H3. The van der Waals surface area contributed by atoms with E-state index in [1.165, 1.54) is 12.0 Å². The van der Waals surface area contributed by atoms with Crippen molar-refractivity contribution in [1.29, 1.82) is 0 Å². The van der Waals surface area contributed by atoms with E-state index in [0.29, 0.717) is 17.5 Å². The second-order valence-electron chi connectivity index (χ2n) is 6.11. The molecule has 0 amide bonds. The van der Waals surface area contributed by atoms with Gasteiger partial charge in [0.05, 0.1) is 0 Å². The molecular weight excluding hydrogens is 182 g/mol. The number of rotatable bonds is 3. The van der Waals surface area contributed by atoms with E-state index in [2.05, 4.69) is 57.9 Å². The van der Waals surface area contributed by atoms with Crippen LogP contribution in [0, 0.1) is 11.3 Å². The van der Waals surface area contributed by atoms with Gasteiger partial charge in [-0.3, -0.25) is 4.90 Å². The highest BCUT2D eigenvalue weighted by atomic mass is 15.3. The first kappa shape index (κ1) is 10.9. The summed E-state index contributed by atoms with van der Waals surface area (Å²) < 4.78 is 0. The largest absolute Gasteiger partial charge is 0.290 e. The number of nitrogens with zero attached hydrogens (tertiary/aromatic N) is 1. The van der Waals surface area contributed by atoms with Gasteiger partial charge in [-0.1, -0.05) is 45.9 Å². The fraction of sp³-hybridized carbons (Fsp3) is 0.714. The Bertz CT molecular complexity index is 309. The summed E-state index contributed by atoms with van der Waals surface area (Å²) in [4.78, 5) is 2.41. The zero-order chi connectivity index (χ0) is 11.2. The minimum atomic E-state index is 0.332. The Labute approximate surface area is 93.9 Å². The van der Waals surface area contributed by atoms with Crippen LogP contribution >= 0.6 is 0 Å². The first-order chi connectivity index (χ1) is 6.92. The molecule has 3 atom stereocenters. The molecule has 1 fully saturated rings. The monoisotopic (exact) mass is 205 g/mol. The molecule has 2 rings (SSSR count). The molecule has 1 heteroatoms. The molecule has 15 heavy (non-hydrogen) atoms. The Morgan fingerprint density at radius 1 is 1.33 bits per heavy atom. The van der Waals surface area contributed by atoms with Crippen molar-refractivity contribution < 1.29 is 0 Å². The summed E-state index contributed by atoms with van der Waals surface area (Å²) in [5.74, 6) is 0.768. The fourth-order valence-electron chi connectivity index (χ4n) is 2.89. The average Bonchev–Trinajstić information content (AvgIpc) is 2.75. The molecule has 1 nitrogen and oxygen atoms in total. The van der Waals surface area contributed by atoms with Crippen LogP contribution in [-0.4, -0.2) is 24.0 Å². The second kappa shape index (κ2) is 3.48. The van der Waals surface area contributed by atoms with Gasteiger partial charge >= 0.3 is 0 Å². The molecule has 0 saturated carbocycles. The van der Waals surface area contributed by atoms with E-state index in [4.69, 9.17) is 0 Å². The molecule has 0 N–H and O–H groups in total. The van der Waals surface area contributed by atoms with Crippen LogP contribution in [0.5, 0.6) is 0 Å². The van der Waals surface area contributed by atoms with Crippen LogP contribution < -0.4 is 0 Å². The molecular formula is C14H23N. The molecule has 0 spiro atoms. The predicted molar refractivity (Wildman–Crippen MR) is 65.8 cm³/mol. The van der Waals surface area contributed by atoms with Crippen LogP contribution in [0.2, 0.25) is 0 Å². The van der Waals surface area contributed by atoms with Crippen LogP contribution in [0.4, 0.5) is 0 Å². The van der Waals surface area contributed by atoms with Gasteiger partial charge in [0.1, 0.15) is 0 Å². The molecule has 1 saturated heterocycles. The summed E-state index contributed by atoms with van der Waals surface area (Å²) in [7, 11) is 2.20. The zero-order valence-electron chi connectivity index (χ0n) is 10.6. The number of fused-ring (bicyclic) bond motifs is 1. The lowest BCUT2D eigenvalue weighted by Crippen LogP contribution is -2.18. The van der Waals surface area contributed by atoms with Gasteiger partial charge in [-0.25, -0.2) is 0 Å². The number of likely N-dealkylation sites (N-methyl/N-ethyl adjacent to an activating group) is 1. The molecule has 0 bridgehead atoms. The van der Waals surface area contributed by atoms with E-state index in [1.807, 2.05) is 0 Å². The molecule has 1 heterocycles. The molecule has 0 radical (unpaired) electrons. The first-order valence-corrected chi connectivity index (χ1v) is 6.04. The van der Waals surface area contributed by atoms with Gasteiger partial charge < -0.3 is 0 Å². The summed E-state index contributed by atoms with van der Waals surface area (Å²) in [5, 5.41) is 0. The van der Waals surface area contributed by atoms with E-state index in [0.717, 1.165) is 5.92 Å². The fourth-order valence-corrected chi connectivity index (χ4v) is 2.89. The van der Waals surface area contributed by atoms with Gasteiger partial charge in [-0.15, -0.1) is 0 Å². The SMILES string of the molecule is CC(C)CC(C)(C)C1=CC2C(C=C1)N2C. The summed E-state index contributed by atoms with van der Waals surface area (Å²) in [6, 6.07) is 1.39. The van der Waals surface area contributed by atoms with E-state index >= 15 is 0 Å². The first-order valence-electron chi connectivity index (χ1n) is 6.04. The molecule has 1 aliphatic carbocycles. The van der Waals surface area contributed by atoms with Crippen molar-refractivity contribution in [2.45, 2.75) is 46.2 Å². The average molecular weight is 205 g/mol. The van der Waals surface area contributed by atoms with Crippen LogP contribution in [0.25, 0.3) is 0 Å². The van der Waals surface area contributed by atoms with Gasteiger partial charge in [0.15, 0.2) is 0 Å². The van der Waals surface area contributed by atoms with Crippen molar-refractivity contribution in [3.63, 3.8) is 0 Å². The minimum Gasteiger partial charge on any atom is -0.290 e. The normalized spacial score (nSPS) is 34.0. The molecule has 0 aromatic carbocycles. The topological polar surface area (TPSA) is 3.01 Å². The maximum Gasteiger partial charge on any atom is 0.0479 e. The van der Waals surface area contributed by atoms with Gasteiger partial charge in [0, 0.05) is 12.1 Å². The lowest BCUT2D eigenvalue weighted by Gasteiger charge is -2.29. The number of hydrogen-bond donors (Lipinski definition) is 0. The third-order valence-electron chi connectivity index (χ3n) is 3.72. The van der Waals surface area contributed by atoms with Gasteiger partial charge in [-0.2, -0.15) is 0 Å². The van der Waals surface area contributed by atoms with Crippen molar-refractivity contribution in [3.8, 4) is 0 Å². The van der Waals surface area contributed by atoms with E-state index in [-0.39, 0.29) is 0 Å². The second-order valence-corrected chi connectivity index (χ2v) is 6.11. The summed E-state index contributed by atoms with van der Waals surface area (Å²) in [6.07, 6.45) is 8.44. The van der Waals surface area contributed by atoms with E-state index in [1.54, 1.807) is 0 Å². The lowest BCUT2D eigenvalue weighted by atomic mass is 9.76. The summed E-state index contributed by atoms with van der Waals surface area (Å²) in [6.45, 7) is 9.35. The molecule has 3 unspecified atom stereocenters. The Hall–Kier alpha value is -0.560. The highest BCUT2D eigenvalue weighted by molar-refractivity contribution is 5.39. The third-order valence-corrected chi connectivity index (χ3v) is 3.72. The van der Waals surface area contributed by atoms with Crippen molar-refractivity contribution >= 4 is 0 Å². The highest BCUT2D eigenvalue weighted by Gasteiger charge is 2.43. The Balaban J connectivity index is 2.11. The Kier molecular flexibility index (Phi) is 2.54. The zero-order valence-corrected chi connectivity index (χ0v) is 10.6. The van der Waals surface area contributed by atoms with Gasteiger partial charge in [0.2, 0.25) is 0 Å². The Morgan fingerprint density at radius 2 is 2.00 bits per heavy atom. The van der Waals surface area contributed by atoms with Crippen molar-refractivity contribution in [3.05, 3.63) is 23.8 Å². The Morgan fingerprint density at radius 3 is 2.53 bits per heavy atom.